The van der Waals surface area contributed by atoms with Crippen LogP contribution in [0.4, 0.5) is 17.3 Å². The van der Waals surface area contributed by atoms with Crippen molar-refractivity contribution < 1.29 is 14.6 Å². The Morgan fingerprint density at radius 1 is 1.17 bits per heavy atom. The van der Waals surface area contributed by atoms with Gasteiger partial charge in [-0.3, -0.25) is 15.0 Å². The molecule has 10 heteroatoms. The maximum Gasteiger partial charge on any atom is 0.228 e. The molecule has 5 rings (SSSR count). The predicted octanol–water partition coefficient (Wildman–Crippen LogP) is 3.34. The Morgan fingerprint density at radius 3 is 2.78 bits per heavy atom. The number of carbonyl (C=O) groups is 1. The maximum absolute atomic E-state index is 12.3. The van der Waals surface area contributed by atoms with Crippen LogP contribution in [0.3, 0.4) is 0 Å². The quantitative estimate of drug-likeness (QED) is 0.271. The number of benzene rings is 2. The molecule has 2 aliphatic rings. The highest BCUT2D eigenvalue weighted by Crippen LogP contribution is 2.34. The molecule has 0 saturated carbocycles. The van der Waals surface area contributed by atoms with E-state index in [1.165, 1.54) is 0 Å². The molecule has 0 spiro atoms. The van der Waals surface area contributed by atoms with Gasteiger partial charge in [-0.15, -0.1) is 0 Å². The molecular formula is C26H29ClN6O3. The molecule has 1 saturated heterocycles. The molecule has 9 nitrogen and oxygen atoms in total. The van der Waals surface area contributed by atoms with E-state index >= 15 is 0 Å². The molecule has 1 amide bonds. The summed E-state index contributed by atoms with van der Waals surface area (Å²) in [6.07, 6.45) is 2.09. The van der Waals surface area contributed by atoms with Gasteiger partial charge in [0.05, 0.1) is 31.0 Å². The average Bonchev–Trinajstić information content (AvgIpc) is 3.02. The number of nitrogens with zero attached hydrogens (tertiary/aromatic N) is 3. The second-order valence-electron chi connectivity index (χ2n) is 8.89. The monoisotopic (exact) mass is 508 g/mol. The Kier molecular flexibility index (Phi) is 7.74. The topological polar surface area (TPSA) is 112 Å². The number of aromatic nitrogens is 2. The number of amides is 1. The smallest absolute Gasteiger partial charge is 0.228 e. The van der Waals surface area contributed by atoms with Crippen LogP contribution in [-0.2, 0) is 16.0 Å². The predicted molar refractivity (Wildman–Crippen MR) is 139 cm³/mol. The van der Waals surface area contributed by atoms with Crippen LogP contribution < -0.4 is 16.0 Å². The fraction of sp³-hybridized carbons (Fsp3) is 0.346. The summed E-state index contributed by atoms with van der Waals surface area (Å²) in [6, 6.07) is 12.8. The number of rotatable bonds is 8. The molecule has 1 unspecified atom stereocenters. The zero-order chi connectivity index (χ0) is 24.9. The number of fused-ring (bicyclic) bond motifs is 3. The fourth-order valence-corrected chi connectivity index (χ4v) is 4.56. The minimum Gasteiger partial charge on any atom is -0.379 e. The number of aliphatic hydroxyl groups excluding tert-OH is 1. The van der Waals surface area contributed by atoms with Gasteiger partial charge in [0.1, 0.15) is 6.23 Å². The standard InChI is InChI=1S/C26H29ClN6O3/c27-19-4-7-21-22(15-19)31-23(34)14-18-16-29-26(32-24(18)21)30-20-5-2-17(3-6-20)25(35)28-8-1-9-33-10-12-36-13-11-33/h2-7,15-16,25,28,35H,1,8-14H2,(H,31,34)(H,29,30,32). The minimum absolute atomic E-state index is 0.134. The molecular weight excluding hydrogens is 480 g/mol. The van der Waals surface area contributed by atoms with E-state index in [0.717, 1.165) is 68.2 Å². The molecule has 0 aliphatic carbocycles. The van der Waals surface area contributed by atoms with Gasteiger partial charge in [0.2, 0.25) is 11.9 Å². The van der Waals surface area contributed by atoms with Crippen LogP contribution in [0.25, 0.3) is 11.3 Å². The summed E-state index contributed by atoms with van der Waals surface area (Å²) >= 11 is 6.12. The van der Waals surface area contributed by atoms with Crippen LogP contribution in [0, 0.1) is 0 Å². The van der Waals surface area contributed by atoms with Gasteiger partial charge in [0, 0.05) is 41.1 Å². The van der Waals surface area contributed by atoms with E-state index in [2.05, 4.69) is 30.8 Å². The first kappa shape index (κ1) is 24.6. The van der Waals surface area contributed by atoms with Crippen molar-refractivity contribution in [1.82, 2.24) is 20.2 Å². The van der Waals surface area contributed by atoms with Gasteiger partial charge < -0.3 is 20.5 Å². The van der Waals surface area contributed by atoms with Crippen LogP contribution in [0.5, 0.6) is 0 Å². The van der Waals surface area contributed by atoms with Gasteiger partial charge in [0.15, 0.2) is 0 Å². The van der Waals surface area contributed by atoms with Gasteiger partial charge in [-0.05, 0) is 55.4 Å². The number of aliphatic hydroxyl groups is 1. The molecule has 3 heterocycles. The zero-order valence-electron chi connectivity index (χ0n) is 19.8. The Hall–Kier alpha value is -3.08. The van der Waals surface area contributed by atoms with E-state index in [-0.39, 0.29) is 12.3 Å². The molecule has 0 bridgehead atoms. The third-order valence-electron chi connectivity index (χ3n) is 6.30. The third kappa shape index (κ3) is 6.00. The highest BCUT2D eigenvalue weighted by Gasteiger charge is 2.21. The van der Waals surface area contributed by atoms with Gasteiger partial charge in [-0.1, -0.05) is 23.7 Å². The van der Waals surface area contributed by atoms with Gasteiger partial charge >= 0.3 is 0 Å². The Bertz CT molecular complexity index is 1220. The summed E-state index contributed by atoms with van der Waals surface area (Å²) in [7, 11) is 0. The third-order valence-corrected chi connectivity index (χ3v) is 6.54. The number of nitrogens with one attached hydrogen (secondary N) is 3. The van der Waals surface area contributed by atoms with Crippen molar-refractivity contribution in [2.75, 3.05) is 50.0 Å². The first-order valence-electron chi connectivity index (χ1n) is 12.1. The summed E-state index contributed by atoms with van der Waals surface area (Å²) < 4.78 is 5.37. The van der Waals surface area contributed by atoms with Gasteiger partial charge in [-0.2, -0.15) is 0 Å². The number of morpholine rings is 1. The summed E-state index contributed by atoms with van der Waals surface area (Å²) in [5, 5.41) is 20.3. The largest absolute Gasteiger partial charge is 0.379 e. The minimum atomic E-state index is -0.735. The highest BCUT2D eigenvalue weighted by molar-refractivity contribution is 6.31. The van der Waals surface area contributed by atoms with Crippen molar-refractivity contribution in [2.45, 2.75) is 19.1 Å². The molecule has 4 N–H and O–H groups in total. The summed E-state index contributed by atoms with van der Waals surface area (Å²) in [5.41, 5.74) is 4.43. The SMILES string of the molecule is O=C1Cc2cnc(Nc3ccc(C(O)NCCCN4CCOCC4)cc3)nc2-c2ccc(Cl)cc2N1. The van der Waals surface area contributed by atoms with Crippen LogP contribution in [0.15, 0.2) is 48.7 Å². The van der Waals surface area contributed by atoms with Crippen molar-refractivity contribution in [3.63, 3.8) is 0 Å². The van der Waals surface area contributed by atoms with Crippen LogP contribution in [0.2, 0.25) is 5.02 Å². The zero-order valence-corrected chi connectivity index (χ0v) is 20.6. The average molecular weight is 509 g/mol. The molecule has 188 valence electrons. The first-order valence-corrected chi connectivity index (χ1v) is 12.5. The second-order valence-corrected chi connectivity index (χ2v) is 9.33. The molecule has 2 aromatic carbocycles. The first-order chi connectivity index (χ1) is 17.5. The molecule has 1 atom stereocenters. The Labute approximate surface area is 214 Å². The van der Waals surface area contributed by atoms with E-state index in [1.807, 2.05) is 30.3 Å². The van der Waals surface area contributed by atoms with Crippen LogP contribution in [0.1, 0.15) is 23.8 Å². The van der Waals surface area contributed by atoms with Crippen molar-refractivity contribution in [2.24, 2.45) is 0 Å². The number of hydrogen-bond acceptors (Lipinski definition) is 8. The maximum atomic E-state index is 12.3. The van der Waals surface area contributed by atoms with E-state index in [0.29, 0.717) is 22.4 Å². The molecule has 3 aromatic rings. The van der Waals surface area contributed by atoms with E-state index in [4.69, 9.17) is 16.3 Å². The number of halogens is 1. The lowest BCUT2D eigenvalue weighted by Gasteiger charge is -2.26. The van der Waals surface area contributed by atoms with Crippen LogP contribution >= 0.6 is 11.6 Å². The summed E-state index contributed by atoms with van der Waals surface area (Å²) in [5.74, 6) is 0.281. The Balaban J connectivity index is 1.21. The van der Waals surface area contributed by atoms with Crippen molar-refractivity contribution >= 4 is 34.8 Å². The van der Waals surface area contributed by atoms with E-state index in [9.17, 15) is 9.90 Å². The number of carbonyl (C=O) groups excluding carboxylic acids is 1. The molecule has 1 aromatic heterocycles. The lowest BCUT2D eigenvalue weighted by molar-refractivity contribution is -0.115. The van der Waals surface area contributed by atoms with Gasteiger partial charge in [-0.25, -0.2) is 9.97 Å². The molecule has 2 aliphatic heterocycles. The lowest BCUT2D eigenvalue weighted by Crippen LogP contribution is -2.38. The highest BCUT2D eigenvalue weighted by atomic mass is 35.5. The van der Waals surface area contributed by atoms with Crippen molar-refractivity contribution in [3.8, 4) is 11.3 Å². The number of hydrogen-bond donors (Lipinski definition) is 4. The molecule has 0 radical (unpaired) electrons. The Morgan fingerprint density at radius 2 is 1.97 bits per heavy atom. The van der Waals surface area contributed by atoms with Gasteiger partial charge in [0.25, 0.3) is 0 Å². The number of ether oxygens (including phenoxy) is 1. The summed E-state index contributed by atoms with van der Waals surface area (Å²) in [4.78, 5) is 23.7. The normalized spacial score (nSPS) is 16.4. The lowest BCUT2D eigenvalue weighted by atomic mass is 10.1. The second kappa shape index (κ2) is 11.3. The molecule has 36 heavy (non-hydrogen) atoms. The van der Waals surface area contributed by atoms with Crippen LogP contribution in [-0.4, -0.2) is 65.3 Å². The van der Waals surface area contributed by atoms with Crippen molar-refractivity contribution in [3.05, 3.63) is 64.8 Å². The fourth-order valence-electron chi connectivity index (χ4n) is 4.39. The van der Waals surface area contributed by atoms with E-state index in [1.54, 1.807) is 18.3 Å². The number of anilines is 3. The summed E-state index contributed by atoms with van der Waals surface area (Å²) in [6.45, 7) is 5.26. The van der Waals surface area contributed by atoms with E-state index < -0.39 is 6.23 Å². The molecule has 1 fully saturated rings. The van der Waals surface area contributed by atoms with Crippen molar-refractivity contribution in [1.29, 1.82) is 0 Å².